The van der Waals surface area contributed by atoms with E-state index < -0.39 is 0 Å². The summed E-state index contributed by atoms with van der Waals surface area (Å²) in [6, 6.07) is 4.97. The third kappa shape index (κ3) is 2.70. The van der Waals surface area contributed by atoms with E-state index in [-0.39, 0.29) is 11.7 Å². The molecule has 0 bridgehead atoms. The van der Waals surface area contributed by atoms with E-state index in [0.717, 1.165) is 0 Å². The number of rotatable bonds is 4. The number of hydrogen-bond donors (Lipinski definition) is 1. The molecule has 82 valence electrons. The molecule has 4 heteroatoms. The Balaban J connectivity index is 3.01. The highest BCUT2D eigenvalue weighted by atomic mass is 35.5. The molecule has 0 amide bonds. The van der Waals surface area contributed by atoms with Gasteiger partial charge in [0, 0.05) is 18.0 Å². The van der Waals surface area contributed by atoms with Gasteiger partial charge in [0.25, 0.3) is 0 Å². The smallest absolute Gasteiger partial charge is 0.167 e. The van der Waals surface area contributed by atoms with Crippen LogP contribution in [-0.4, -0.2) is 19.4 Å². The van der Waals surface area contributed by atoms with Gasteiger partial charge in [-0.15, -0.1) is 0 Å². The Kier molecular flexibility index (Phi) is 4.12. The number of methoxy groups -OCH3 is 1. The second-order valence-electron chi connectivity index (χ2n) is 3.35. The van der Waals surface area contributed by atoms with Crippen LogP contribution in [0.15, 0.2) is 18.2 Å². The Morgan fingerprint density at radius 2 is 2.27 bits per heavy atom. The van der Waals surface area contributed by atoms with E-state index >= 15 is 0 Å². The molecule has 0 aliphatic carbocycles. The third-order valence-corrected chi connectivity index (χ3v) is 2.55. The predicted octanol–water partition coefficient (Wildman–Crippen LogP) is 2.13. The zero-order chi connectivity index (χ0) is 11.4. The minimum atomic E-state index is -0.184. The fraction of sp³-hybridized carbons (Fsp3) is 0.364. The zero-order valence-electron chi connectivity index (χ0n) is 8.79. The standard InChI is InChI=1S/C11H14ClNO2/c1-7(6-13)11(14)8-3-4-9(12)10(5-8)15-2/h3-5,7H,6,13H2,1-2H3. The van der Waals surface area contributed by atoms with E-state index in [2.05, 4.69) is 0 Å². The van der Waals surface area contributed by atoms with Gasteiger partial charge in [-0.25, -0.2) is 0 Å². The van der Waals surface area contributed by atoms with Crippen LogP contribution in [0.5, 0.6) is 5.75 Å². The summed E-state index contributed by atoms with van der Waals surface area (Å²) in [4.78, 5) is 11.8. The lowest BCUT2D eigenvalue weighted by atomic mass is 9.99. The van der Waals surface area contributed by atoms with E-state index in [1.165, 1.54) is 7.11 Å². The monoisotopic (exact) mass is 227 g/mol. The molecule has 0 spiro atoms. The molecule has 2 N–H and O–H groups in total. The predicted molar refractivity (Wildman–Crippen MR) is 60.6 cm³/mol. The molecule has 3 nitrogen and oxygen atoms in total. The Hall–Kier alpha value is -1.06. The number of carbonyl (C=O) groups excluding carboxylic acids is 1. The number of benzene rings is 1. The van der Waals surface area contributed by atoms with Gasteiger partial charge in [0.2, 0.25) is 0 Å². The molecule has 0 heterocycles. The Bertz CT molecular complexity index is 366. The number of carbonyl (C=O) groups is 1. The number of hydrogen-bond acceptors (Lipinski definition) is 3. The lowest BCUT2D eigenvalue weighted by Crippen LogP contribution is -2.20. The van der Waals surface area contributed by atoms with Crippen molar-refractivity contribution in [3.63, 3.8) is 0 Å². The fourth-order valence-electron chi connectivity index (χ4n) is 1.20. The fourth-order valence-corrected chi connectivity index (χ4v) is 1.40. The average Bonchev–Trinajstić information content (AvgIpc) is 2.27. The molecule has 1 atom stereocenters. The summed E-state index contributed by atoms with van der Waals surface area (Å²) in [6.45, 7) is 2.13. The maximum atomic E-state index is 11.8. The highest BCUT2D eigenvalue weighted by molar-refractivity contribution is 6.32. The molecule has 0 aromatic heterocycles. The summed E-state index contributed by atoms with van der Waals surface area (Å²) in [5.74, 6) is 0.329. The van der Waals surface area contributed by atoms with Crippen molar-refractivity contribution in [2.75, 3.05) is 13.7 Å². The van der Waals surface area contributed by atoms with Gasteiger partial charge < -0.3 is 10.5 Å². The molecule has 1 aromatic rings. The van der Waals surface area contributed by atoms with Crippen molar-refractivity contribution in [2.24, 2.45) is 11.7 Å². The second kappa shape index (κ2) is 5.14. The van der Waals surface area contributed by atoms with Crippen molar-refractivity contribution in [3.05, 3.63) is 28.8 Å². The van der Waals surface area contributed by atoms with Gasteiger partial charge in [-0.2, -0.15) is 0 Å². The third-order valence-electron chi connectivity index (χ3n) is 2.24. The maximum Gasteiger partial charge on any atom is 0.167 e. The minimum Gasteiger partial charge on any atom is -0.495 e. The van der Waals surface area contributed by atoms with Gasteiger partial charge in [0.05, 0.1) is 12.1 Å². The minimum absolute atomic E-state index is 0.00691. The van der Waals surface area contributed by atoms with Crippen LogP contribution in [0.3, 0.4) is 0 Å². The van der Waals surface area contributed by atoms with Crippen LogP contribution >= 0.6 is 11.6 Å². The van der Waals surface area contributed by atoms with Crippen LogP contribution in [0.4, 0.5) is 0 Å². The van der Waals surface area contributed by atoms with Crippen LogP contribution in [0.25, 0.3) is 0 Å². The average molecular weight is 228 g/mol. The Morgan fingerprint density at radius 1 is 1.60 bits per heavy atom. The molecule has 0 saturated carbocycles. The summed E-state index contributed by atoms with van der Waals surface area (Å²) in [5.41, 5.74) is 6.01. The zero-order valence-corrected chi connectivity index (χ0v) is 9.54. The number of halogens is 1. The number of ether oxygens (including phenoxy) is 1. The van der Waals surface area contributed by atoms with E-state index in [1.807, 2.05) is 0 Å². The topological polar surface area (TPSA) is 52.3 Å². The summed E-state index contributed by atoms with van der Waals surface area (Å²) >= 11 is 5.85. The van der Waals surface area contributed by atoms with Crippen molar-refractivity contribution in [3.8, 4) is 5.75 Å². The van der Waals surface area contributed by atoms with Gasteiger partial charge in [0.1, 0.15) is 5.75 Å². The lowest BCUT2D eigenvalue weighted by molar-refractivity contribution is 0.0934. The molecule has 1 unspecified atom stereocenters. The van der Waals surface area contributed by atoms with Gasteiger partial charge in [-0.05, 0) is 18.2 Å². The number of nitrogens with two attached hydrogens (primary N) is 1. The second-order valence-corrected chi connectivity index (χ2v) is 3.76. The first-order valence-electron chi connectivity index (χ1n) is 4.68. The van der Waals surface area contributed by atoms with E-state index in [9.17, 15) is 4.79 Å². The maximum absolute atomic E-state index is 11.8. The first kappa shape index (κ1) is 12.0. The molecule has 0 aliphatic rings. The van der Waals surface area contributed by atoms with Crippen LogP contribution in [-0.2, 0) is 0 Å². The first-order valence-corrected chi connectivity index (χ1v) is 5.05. The molecule has 0 aliphatic heterocycles. The van der Waals surface area contributed by atoms with E-state index in [1.54, 1.807) is 25.1 Å². The highest BCUT2D eigenvalue weighted by Crippen LogP contribution is 2.25. The van der Waals surface area contributed by atoms with Crippen LogP contribution in [0.1, 0.15) is 17.3 Å². The van der Waals surface area contributed by atoms with Crippen molar-refractivity contribution < 1.29 is 9.53 Å². The van der Waals surface area contributed by atoms with Crippen LogP contribution in [0, 0.1) is 5.92 Å². The summed E-state index contributed by atoms with van der Waals surface area (Å²) in [5, 5.41) is 0.495. The highest BCUT2D eigenvalue weighted by Gasteiger charge is 2.14. The van der Waals surface area contributed by atoms with Crippen LogP contribution < -0.4 is 10.5 Å². The van der Waals surface area contributed by atoms with Crippen molar-refractivity contribution in [1.29, 1.82) is 0 Å². The largest absolute Gasteiger partial charge is 0.495 e. The van der Waals surface area contributed by atoms with Crippen LogP contribution in [0.2, 0.25) is 5.02 Å². The normalized spacial score (nSPS) is 12.3. The number of ketones is 1. The van der Waals surface area contributed by atoms with Gasteiger partial charge in [0.15, 0.2) is 5.78 Å². The SMILES string of the molecule is COc1cc(C(=O)C(C)CN)ccc1Cl. The molecule has 0 saturated heterocycles. The summed E-state index contributed by atoms with van der Waals surface area (Å²) < 4.78 is 5.03. The van der Waals surface area contributed by atoms with Crippen molar-refractivity contribution in [1.82, 2.24) is 0 Å². The molecule has 1 rings (SSSR count). The van der Waals surface area contributed by atoms with Gasteiger partial charge in [-0.3, -0.25) is 4.79 Å². The first-order chi connectivity index (χ1) is 7.10. The number of Topliss-reactive ketones (excluding diaryl/α,β-unsaturated/α-hetero) is 1. The van der Waals surface area contributed by atoms with Gasteiger partial charge >= 0.3 is 0 Å². The van der Waals surface area contributed by atoms with Crippen molar-refractivity contribution >= 4 is 17.4 Å². The Labute approximate surface area is 94.2 Å². The molecule has 0 radical (unpaired) electrons. The quantitative estimate of drug-likeness (QED) is 0.802. The van der Waals surface area contributed by atoms with E-state index in [4.69, 9.17) is 22.1 Å². The van der Waals surface area contributed by atoms with Gasteiger partial charge in [-0.1, -0.05) is 18.5 Å². The van der Waals surface area contributed by atoms with E-state index in [0.29, 0.717) is 22.9 Å². The molecular formula is C11H14ClNO2. The lowest BCUT2D eigenvalue weighted by Gasteiger charge is -2.09. The summed E-state index contributed by atoms with van der Waals surface area (Å²) in [6.07, 6.45) is 0. The molecule has 15 heavy (non-hydrogen) atoms. The Morgan fingerprint density at radius 3 is 2.80 bits per heavy atom. The van der Waals surface area contributed by atoms with Crippen molar-refractivity contribution in [2.45, 2.75) is 6.92 Å². The molecular weight excluding hydrogens is 214 g/mol. The summed E-state index contributed by atoms with van der Waals surface area (Å²) in [7, 11) is 1.52. The molecule has 0 fully saturated rings. The molecule has 1 aromatic carbocycles.